The minimum atomic E-state index is -0.393. The van der Waals surface area contributed by atoms with E-state index in [-0.39, 0.29) is 12.5 Å². The number of halogens is 1. The van der Waals surface area contributed by atoms with Crippen molar-refractivity contribution in [3.05, 3.63) is 95.6 Å². The number of amides is 2. The van der Waals surface area contributed by atoms with Crippen LogP contribution in [0.4, 0.5) is 11.4 Å². The highest BCUT2D eigenvalue weighted by atomic mass is 35.5. The van der Waals surface area contributed by atoms with Crippen molar-refractivity contribution in [1.82, 2.24) is 25.6 Å². The molecule has 6 rings (SSSR count). The summed E-state index contributed by atoms with van der Waals surface area (Å²) in [7, 11) is 0. The summed E-state index contributed by atoms with van der Waals surface area (Å²) in [6, 6.07) is 25.6. The largest absolute Gasteiger partial charge is 0.484 e. The van der Waals surface area contributed by atoms with Crippen LogP contribution in [0.25, 0.3) is 33.1 Å². The molecule has 0 bridgehead atoms. The Balaban J connectivity index is 1.17. The number of aromatic nitrogens is 5. The zero-order chi connectivity index (χ0) is 26.8. The Hall–Kier alpha value is -5.22. The van der Waals surface area contributed by atoms with E-state index in [4.69, 9.17) is 16.3 Å². The highest BCUT2D eigenvalue weighted by Gasteiger charge is 2.17. The van der Waals surface area contributed by atoms with Crippen molar-refractivity contribution in [3.8, 4) is 17.1 Å². The third-order valence-electron chi connectivity index (χ3n) is 6.08. The maximum Gasteiger partial charge on any atom is 0.272 e. The van der Waals surface area contributed by atoms with E-state index in [2.05, 4.69) is 36.2 Å². The van der Waals surface area contributed by atoms with Gasteiger partial charge in [0.25, 0.3) is 11.8 Å². The first-order chi connectivity index (χ1) is 19.0. The zero-order valence-electron chi connectivity index (χ0n) is 20.2. The van der Waals surface area contributed by atoms with E-state index in [1.807, 2.05) is 48.5 Å². The molecule has 0 unspecified atom stereocenters. The van der Waals surface area contributed by atoms with Crippen LogP contribution in [-0.4, -0.2) is 44.0 Å². The van der Waals surface area contributed by atoms with Crippen molar-refractivity contribution < 1.29 is 14.3 Å². The first kappa shape index (κ1) is 24.1. The molecule has 4 N–H and O–H groups in total. The number of carbonyl (C=O) groups excluding carboxylic acids is 2. The number of fused-ring (bicyclic) bond motifs is 2. The van der Waals surface area contributed by atoms with Gasteiger partial charge in [0.2, 0.25) is 5.82 Å². The monoisotopic (exact) mass is 537 g/mol. The number of para-hydroxylation sites is 1. The van der Waals surface area contributed by atoms with Crippen LogP contribution in [0.5, 0.6) is 5.75 Å². The van der Waals surface area contributed by atoms with E-state index in [1.54, 1.807) is 36.4 Å². The van der Waals surface area contributed by atoms with E-state index in [0.717, 1.165) is 16.2 Å². The first-order valence-corrected chi connectivity index (χ1v) is 12.3. The van der Waals surface area contributed by atoms with Gasteiger partial charge in [-0.05, 0) is 58.5 Å². The number of anilines is 2. The minimum absolute atomic E-state index is 0.168. The number of hydrogen-bond acceptors (Lipinski definition) is 6. The summed E-state index contributed by atoms with van der Waals surface area (Å²) in [6.07, 6.45) is 0. The number of ether oxygens (including phenoxy) is 1. The van der Waals surface area contributed by atoms with Crippen LogP contribution in [0.3, 0.4) is 0 Å². The Kier molecular flexibility index (Phi) is 6.36. The Labute approximate surface area is 226 Å². The molecule has 0 aliphatic rings. The van der Waals surface area contributed by atoms with Crippen LogP contribution in [0, 0.1) is 0 Å². The van der Waals surface area contributed by atoms with Crippen molar-refractivity contribution in [2.24, 2.45) is 0 Å². The molecule has 0 atom stereocenters. The number of carbonyl (C=O) groups is 2. The lowest BCUT2D eigenvalue weighted by Gasteiger charge is -2.09. The molecule has 11 heteroatoms. The molecule has 0 fully saturated rings. The third-order valence-corrected chi connectivity index (χ3v) is 6.32. The van der Waals surface area contributed by atoms with Crippen molar-refractivity contribution in [2.75, 3.05) is 17.2 Å². The normalized spacial score (nSPS) is 11.0. The Morgan fingerprint density at radius 3 is 2.54 bits per heavy atom. The smallest absolute Gasteiger partial charge is 0.272 e. The summed E-state index contributed by atoms with van der Waals surface area (Å²) in [5.41, 5.74) is 2.41. The van der Waals surface area contributed by atoms with E-state index in [1.165, 1.54) is 0 Å². The molecule has 192 valence electrons. The Morgan fingerprint density at radius 1 is 0.846 bits per heavy atom. The number of tetrazole rings is 1. The standard InChI is InChI=1S/C28H20ClN7O3/c29-19-9-11-22(21(14-19)27-33-35-36-34-27)32-28(38)24-13-18-6-3-7-23(26(18)31-24)30-25(37)15-39-20-10-8-16-4-1-2-5-17(16)12-20/h1-14,31H,15H2,(H,30,37)(H,32,38)(H,33,34,35,36). The van der Waals surface area contributed by atoms with Crippen molar-refractivity contribution >= 4 is 56.5 Å². The summed E-state index contributed by atoms with van der Waals surface area (Å²) in [5.74, 6) is 0.168. The van der Waals surface area contributed by atoms with E-state index >= 15 is 0 Å². The van der Waals surface area contributed by atoms with E-state index in [0.29, 0.717) is 44.7 Å². The van der Waals surface area contributed by atoms with Gasteiger partial charge in [0, 0.05) is 16.0 Å². The lowest BCUT2D eigenvalue weighted by Crippen LogP contribution is -2.20. The fourth-order valence-corrected chi connectivity index (χ4v) is 4.42. The van der Waals surface area contributed by atoms with Crippen molar-refractivity contribution in [2.45, 2.75) is 0 Å². The molecule has 10 nitrogen and oxygen atoms in total. The van der Waals surface area contributed by atoms with Crippen LogP contribution < -0.4 is 15.4 Å². The maximum atomic E-state index is 13.1. The number of nitrogens with zero attached hydrogens (tertiary/aromatic N) is 3. The second-order valence-corrected chi connectivity index (χ2v) is 9.11. The summed E-state index contributed by atoms with van der Waals surface area (Å²) < 4.78 is 5.71. The highest BCUT2D eigenvalue weighted by Crippen LogP contribution is 2.29. The van der Waals surface area contributed by atoms with Crippen LogP contribution in [0.1, 0.15) is 10.5 Å². The maximum absolute atomic E-state index is 13.1. The lowest BCUT2D eigenvalue weighted by molar-refractivity contribution is -0.118. The van der Waals surface area contributed by atoms with Gasteiger partial charge in [-0.2, -0.15) is 5.21 Å². The second-order valence-electron chi connectivity index (χ2n) is 8.68. The molecule has 6 aromatic rings. The van der Waals surface area contributed by atoms with Crippen molar-refractivity contribution in [3.63, 3.8) is 0 Å². The second kappa shape index (κ2) is 10.3. The lowest BCUT2D eigenvalue weighted by atomic mass is 10.1. The number of aromatic amines is 2. The van der Waals surface area contributed by atoms with Crippen LogP contribution in [0.15, 0.2) is 84.9 Å². The van der Waals surface area contributed by atoms with Crippen LogP contribution >= 0.6 is 11.6 Å². The van der Waals surface area contributed by atoms with Gasteiger partial charge in [0.1, 0.15) is 11.4 Å². The van der Waals surface area contributed by atoms with Gasteiger partial charge in [-0.3, -0.25) is 9.59 Å². The van der Waals surface area contributed by atoms with Crippen molar-refractivity contribution in [1.29, 1.82) is 0 Å². The summed E-state index contributed by atoms with van der Waals surface area (Å²) in [6.45, 7) is -0.168. The number of hydrogen-bond donors (Lipinski definition) is 4. The molecular formula is C28H20ClN7O3. The Morgan fingerprint density at radius 2 is 1.69 bits per heavy atom. The van der Waals surface area contributed by atoms with Crippen LogP contribution in [0.2, 0.25) is 5.02 Å². The van der Waals surface area contributed by atoms with Gasteiger partial charge in [0.15, 0.2) is 6.61 Å². The molecule has 2 heterocycles. The van der Waals surface area contributed by atoms with Gasteiger partial charge < -0.3 is 20.4 Å². The quantitative estimate of drug-likeness (QED) is 0.214. The number of benzene rings is 4. The SMILES string of the molecule is O=C(COc1ccc2ccccc2c1)Nc1cccc2cc(C(=O)Nc3ccc(Cl)cc3-c3nn[nH]n3)[nH]c12. The highest BCUT2D eigenvalue weighted by molar-refractivity contribution is 6.31. The predicted molar refractivity (Wildman–Crippen MR) is 149 cm³/mol. The number of rotatable bonds is 7. The van der Waals surface area contributed by atoms with Gasteiger partial charge in [-0.25, -0.2) is 0 Å². The molecule has 0 aliphatic carbocycles. The molecule has 2 amide bonds. The first-order valence-electron chi connectivity index (χ1n) is 11.9. The summed E-state index contributed by atoms with van der Waals surface area (Å²) in [4.78, 5) is 28.9. The molecule has 0 saturated heterocycles. The van der Waals surface area contributed by atoms with E-state index < -0.39 is 5.91 Å². The molecule has 39 heavy (non-hydrogen) atoms. The number of nitrogens with one attached hydrogen (secondary N) is 4. The average molecular weight is 538 g/mol. The Bertz CT molecular complexity index is 1830. The van der Waals surface area contributed by atoms with E-state index in [9.17, 15) is 9.59 Å². The molecule has 0 saturated carbocycles. The third kappa shape index (κ3) is 5.13. The van der Waals surface area contributed by atoms with Crippen LogP contribution in [-0.2, 0) is 4.79 Å². The predicted octanol–water partition coefficient (Wildman–Crippen LogP) is 5.42. The minimum Gasteiger partial charge on any atom is -0.484 e. The molecule has 0 radical (unpaired) electrons. The summed E-state index contributed by atoms with van der Waals surface area (Å²) >= 11 is 6.13. The van der Waals surface area contributed by atoms with Gasteiger partial charge >= 0.3 is 0 Å². The molecule has 2 aromatic heterocycles. The molecule has 4 aromatic carbocycles. The molecule has 0 spiro atoms. The molecule has 0 aliphatic heterocycles. The number of H-pyrrole nitrogens is 2. The molecular weight excluding hydrogens is 518 g/mol. The topological polar surface area (TPSA) is 138 Å². The summed E-state index contributed by atoms with van der Waals surface area (Å²) in [5, 5.41) is 23.0. The van der Waals surface area contributed by atoms with Gasteiger partial charge in [-0.1, -0.05) is 54.1 Å². The fourth-order valence-electron chi connectivity index (χ4n) is 4.25. The average Bonchev–Trinajstić information content (AvgIpc) is 3.64. The van der Waals surface area contributed by atoms with Gasteiger partial charge in [0.05, 0.1) is 16.9 Å². The fraction of sp³-hybridized carbons (Fsp3) is 0.0357. The zero-order valence-corrected chi connectivity index (χ0v) is 21.0. The van der Waals surface area contributed by atoms with Gasteiger partial charge in [-0.15, -0.1) is 10.2 Å².